The predicted molar refractivity (Wildman–Crippen MR) is 41.0 cm³/mol. The molecule has 1 saturated heterocycles. The summed E-state index contributed by atoms with van der Waals surface area (Å²) in [4.78, 5) is -0.181. The lowest BCUT2D eigenvalue weighted by Crippen LogP contribution is -2.33. The molecule has 58 valence electrons. The molecule has 2 nitrogen and oxygen atoms in total. The normalized spacial score (nSPS) is 47.1. The van der Waals surface area contributed by atoms with Gasteiger partial charge in [-0.3, -0.25) is 0 Å². The van der Waals surface area contributed by atoms with Gasteiger partial charge in [0.1, 0.15) is 4.93 Å². The molecular weight excluding hydrogens is 148 g/mol. The Labute approximate surface area is 64.9 Å². The van der Waals surface area contributed by atoms with E-state index in [9.17, 15) is 5.11 Å². The first-order chi connectivity index (χ1) is 4.83. The van der Waals surface area contributed by atoms with Gasteiger partial charge in [-0.1, -0.05) is 0 Å². The summed E-state index contributed by atoms with van der Waals surface area (Å²) in [5.41, 5.74) is 0. The number of hydrogen-bond acceptors (Lipinski definition) is 3. The van der Waals surface area contributed by atoms with E-state index in [1.807, 2.05) is 0 Å². The monoisotopic (exact) mass is 160 g/mol. The predicted octanol–water partition coefficient (Wildman–Crippen LogP) is 0.991. The first-order valence-corrected chi connectivity index (χ1v) is 4.78. The summed E-state index contributed by atoms with van der Waals surface area (Å²) in [6.07, 6.45) is 2.87. The van der Waals surface area contributed by atoms with Crippen molar-refractivity contribution in [1.82, 2.24) is 0 Å². The number of rotatable bonds is 0. The summed E-state index contributed by atoms with van der Waals surface area (Å²) in [7, 11) is 0. The van der Waals surface area contributed by atoms with Crippen LogP contribution in [-0.4, -0.2) is 28.5 Å². The Morgan fingerprint density at radius 2 is 2.50 bits per heavy atom. The molecule has 2 aliphatic rings. The Bertz CT molecular complexity index is 126. The van der Waals surface area contributed by atoms with Crippen LogP contribution in [0.4, 0.5) is 0 Å². The fraction of sp³-hybridized carbons (Fsp3) is 1.00. The topological polar surface area (TPSA) is 29.5 Å². The van der Waals surface area contributed by atoms with E-state index in [0.29, 0.717) is 0 Å². The Morgan fingerprint density at radius 1 is 1.60 bits per heavy atom. The summed E-state index contributed by atoms with van der Waals surface area (Å²) >= 11 is 1.79. The van der Waals surface area contributed by atoms with Gasteiger partial charge in [-0.15, -0.1) is 11.8 Å². The summed E-state index contributed by atoms with van der Waals surface area (Å²) < 4.78 is 5.53. The lowest BCUT2D eigenvalue weighted by molar-refractivity contribution is -0.0261. The molecule has 0 aromatic heterocycles. The van der Waals surface area contributed by atoms with Crippen LogP contribution >= 0.6 is 11.8 Å². The van der Waals surface area contributed by atoms with E-state index < -0.39 is 0 Å². The van der Waals surface area contributed by atoms with Crippen LogP contribution in [0.25, 0.3) is 0 Å². The fourth-order valence-electron chi connectivity index (χ4n) is 1.74. The summed E-state index contributed by atoms with van der Waals surface area (Å²) in [5.74, 6) is 1.05. The van der Waals surface area contributed by atoms with Gasteiger partial charge in [-0.25, -0.2) is 0 Å². The Kier molecular flexibility index (Phi) is 1.66. The van der Waals surface area contributed by atoms with Crippen molar-refractivity contribution in [2.24, 2.45) is 0 Å². The van der Waals surface area contributed by atoms with E-state index in [4.69, 9.17) is 4.74 Å². The fourth-order valence-corrected chi connectivity index (χ4v) is 3.01. The smallest absolute Gasteiger partial charge is 0.139 e. The molecule has 2 rings (SSSR count). The molecule has 0 aromatic carbocycles. The molecule has 1 N–H and O–H groups in total. The lowest BCUT2D eigenvalue weighted by atomic mass is 10.2. The first kappa shape index (κ1) is 6.95. The molecule has 1 aliphatic heterocycles. The van der Waals surface area contributed by atoms with Gasteiger partial charge < -0.3 is 9.84 Å². The second-order valence-corrected chi connectivity index (χ2v) is 4.30. The van der Waals surface area contributed by atoms with Crippen LogP contribution in [-0.2, 0) is 4.74 Å². The maximum absolute atomic E-state index is 9.53. The molecule has 10 heavy (non-hydrogen) atoms. The van der Waals surface area contributed by atoms with Crippen molar-refractivity contribution in [1.29, 1.82) is 0 Å². The molecule has 1 heterocycles. The second-order valence-electron chi connectivity index (χ2n) is 2.92. The molecule has 0 radical (unpaired) electrons. The molecule has 0 bridgehead atoms. The van der Waals surface area contributed by atoms with Crippen LogP contribution in [0.3, 0.4) is 0 Å². The van der Waals surface area contributed by atoms with Crippen molar-refractivity contribution >= 4 is 11.8 Å². The van der Waals surface area contributed by atoms with Crippen LogP contribution in [0, 0.1) is 0 Å². The Balaban J connectivity index is 2.11. The summed E-state index contributed by atoms with van der Waals surface area (Å²) in [5, 5.41) is 9.53. The summed E-state index contributed by atoms with van der Waals surface area (Å²) in [6, 6.07) is 0. The molecule has 2 fully saturated rings. The van der Waals surface area contributed by atoms with E-state index in [1.54, 1.807) is 11.8 Å². The molecule has 3 heteroatoms. The van der Waals surface area contributed by atoms with Gasteiger partial charge in [0.05, 0.1) is 12.7 Å². The van der Waals surface area contributed by atoms with Crippen LogP contribution in [0.2, 0.25) is 0 Å². The third kappa shape index (κ3) is 0.881. The Morgan fingerprint density at radius 3 is 3.00 bits per heavy atom. The highest BCUT2D eigenvalue weighted by Crippen LogP contribution is 2.45. The number of aliphatic hydroxyl groups is 1. The minimum atomic E-state index is -0.208. The largest absolute Gasteiger partial charge is 0.389 e. The van der Waals surface area contributed by atoms with Gasteiger partial charge in [-0.2, -0.15) is 0 Å². The first-order valence-electron chi connectivity index (χ1n) is 3.79. The Hall–Kier alpha value is 0.270. The van der Waals surface area contributed by atoms with Crippen molar-refractivity contribution in [3.05, 3.63) is 0 Å². The minimum Gasteiger partial charge on any atom is -0.389 e. The second kappa shape index (κ2) is 2.40. The zero-order chi connectivity index (χ0) is 7.03. The van der Waals surface area contributed by atoms with Gasteiger partial charge >= 0.3 is 0 Å². The zero-order valence-electron chi connectivity index (χ0n) is 5.88. The third-order valence-electron chi connectivity index (χ3n) is 2.29. The highest BCUT2D eigenvalue weighted by atomic mass is 32.2. The lowest BCUT2D eigenvalue weighted by Gasteiger charge is -2.24. The van der Waals surface area contributed by atoms with E-state index in [-0.39, 0.29) is 11.0 Å². The van der Waals surface area contributed by atoms with Gasteiger partial charge in [-0.05, 0) is 19.3 Å². The maximum atomic E-state index is 9.53. The maximum Gasteiger partial charge on any atom is 0.139 e. The minimum absolute atomic E-state index is 0.181. The van der Waals surface area contributed by atoms with Gasteiger partial charge in [0, 0.05) is 5.75 Å². The quantitative estimate of drug-likeness (QED) is 0.573. The zero-order valence-corrected chi connectivity index (χ0v) is 6.69. The standard InChI is InChI=1S/C7H12O2S/c8-6-2-1-3-7(6)9-4-5-10-7/h6,8H,1-5H2/t6-,7+/m0/s1. The average Bonchev–Trinajstić information content (AvgIpc) is 2.48. The van der Waals surface area contributed by atoms with Gasteiger partial charge in [0.25, 0.3) is 0 Å². The third-order valence-corrected chi connectivity index (χ3v) is 3.74. The summed E-state index contributed by atoms with van der Waals surface area (Å²) in [6.45, 7) is 0.821. The number of ether oxygens (including phenoxy) is 1. The number of thioether (sulfide) groups is 1. The highest BCUT2D eigenvalue weighted by molar-refractivity contribution is 8.00. The highest BCUT2D eigenvalue weighted by Gasteiger charge is 2.46. The van der Waals surface area contributed by atoms with Crippen LogP contribution in [0.15, 0.2) is 0 Å². The van der Waals surface area contributed by atoms with Crippen LogP contribution in [0.1, 0.15) is 19.3 Å². The van der Waals surface area contributed by atoms with Crippen molar-refractivity contribution in [2.75, 3.05) is 12.4 Å². The van der Waals surface area contributed by atoms with Crippen molar-refractivity contribution < 1.29 is 9.84 Å². The van der Waals surface area contributed by atoms with E-state index in [0.717, 1.165) is 31.6 Å². The molecule has 1 spiro atoms. The van der Waals surface area contributed by atoms with Gasteiger partial charge in [0.2, 0.25) is 0 Å². The molecular formula is C7H12O2S. The van der Waals surface area contributed by atoms with E-state index in [2.05, 4.69) is 0 Å². The van der Waals surface area contributed by atoms with Crippen LogP contribution < -0.4 is 0 Å². The van der Waals surface area contributed by atoms with Crippen molar-refractivity contribution in [3.63, 3.8) is 0 Å². The van der Waals surface area contributed by atoms with Gasteiger partial charge in [0.15, 0.2) is 0 Å². The molecule has 1 saturated carbocycles. The SMILES string of the molecule is O[C@H]1CCC[C@]12OCCS2. The molecule has 0 aromatic rings. The molecule has 0 amide bonds. The van der Waals surface area contributed by atoms with Crippen molar-refractivity contribution in [2.45, 2.75) is 30.3 Å². The van der Waals surface area contributed by atoms with E-state index >= 15 is 0 Å². The van der Waals surface area contributed by atoms with E-state index in [1.165, 1.54) is 0 Å². The molecule has 2 atom stereocenters. The average molecular weight is 160 g/mol. The number of hydrogen-bond donors (Lipinski definition) is 1. The van der Waals surface area contributed by atoms with Crippen molar-refractivity contribution in [3.8, 4) is 0 Å². The van der Waals surface area contributed by atoms with Crippen LogP contribution in [0.5, 0.6) is 0 Å². The molecule has 1 aliphatic carbocycles. The number of aliphatic hydroxyl groups excluding tert-OH is 1. The molecule has 0 unspecified atom stereocenters.